The van der Waals surface area contributed by atoms with E-state index in [9.17, 15) is 0 Å². The fraction of sp³-hybridized carbons (Fsp3) is 0.217. The molecular weight excluding hydrogens is 322 g/mol. The third-order valence-corrected chi connectivity index (χ3v) is 4.34. The van der Waals surface area contributed by atoms with Gasteiger partial charge in [0.2, 0.25) is 0 Å². The Morgan fingerprint density at radius 1 is 0.808 bits per heavy atom. The van der Waals surface area contributed by atoms with E-state index in [-0.39, 0.29) is 0 Å². The zero-order chi connectivity index (χ0) is 18.4. The summed E-state index contributed by atoms with van der Waals surface area (Å²) in [7, 11) is 1.67. The smallest absolute Gasteiger partial charge is 0.161 e. The third-order valence-electron chi connectivity index (χ3n) is 4.34. The highest BCUT2D eigenvalue weighted by atomic mass is 16.5. The Kier molecular flexibility index (Phi) is 5.80. The highest BCUT2D eigenvalue weighted by Gasteiger charge is 2.07. The first kappa shape index (κ1) is 17.9. The minimum atomic E-state index is 0.525. The van der Waals surface area contributed by atoms with Gasteiger partial charge in [0.15, 0.2) is 11.5 Å². The maximum atomic E-state index is 5.92. The van der Waals surface area contributed by atoms with Crippen LogP contribution in [0.2, 0.25) is 0 Å². The molecule has 26 heavy (non-hydrogen) atoms. The summed E-state index contributed by atoms with van der Waals surface area (Å²) in [6, 6.07) is 22.6. The molecule has 3 aromatic carbocycles. The van der Waals surface area contributed by atoms with Crippen molar-refractivity contribution in [3.63, 3.8) is 0 Å². The largest absolute Gasteiger partial charge is 0.493 e. The fourth-order valence-corrected chi connectivity index (χ4v) is 2.80. The lowest BCUT2D eigenvalue weighted by molar-refractivity contribution is 0.284. The number of benzene rings is 3. The SMILES string of the molecule is COc1cc(CNc2cc(C)ccc2C)ccc1OCc1ccccc1. The summed E-state index contributed by atoms with van der Waals surface area (Å²) in [5.41, 5.74) is 5.93. The molecular formula is C23H25NO2. The van der Waals surface area contributed by atoms with Crippen LogP contribution in [0.15, 0.2) is 66.7 Å². The van der Waals surface area contributed by atoms with E-state index >= 15 is 0 Å². The van der Waals surface area contributed by atoms with Gasteiger partial charge in [-0.05, 0) is 54.3 Å². The Morgan fingerprint density at radius 2 is 1.62 bits per heavy atom. The molecule has 0 saturated carbocycles. The van der Waals surface area contributed by atoms with Gasteiger partial charge in [-0.1, -0.05) is 48.5 Å². The minimum Gasteiger partial charge on any atom is -0.493 e. The van der Waals surface area contributed by atoms with E-state index in [4.69, 9.17) is 9.47 Å². The molecule has 0 aliphatic heterocycles. The molecule has 3 nitrogen and oxygen atoms in total. The van der Waals surface area contributed by atoms with Gasteiger partial charge in [-0.15, -0.1) is 0 Å². The zero-order valence-corrected chi connectivity index (χ0v) is 15.6. The molecule has 0 bridgehead atoms. The fourth-order valence-electron chi connectivity index (χ4n) is 2.80. The van der Waals surface area contributed by atoms with Crippen molar-refractivity contribution in [1.29, 1.82) is 0 Å². The van der Waals surface area contributed by atoms with Gasteiger partial charge in [0.1, 0.15) is 6.61 Å². The van der Waals surface area contributed by atoms with Crippen LogP contribution in [0.4, 0.5) is 5.69 Å². The highest BCUT2D eigenvalue weighted by molar-refractivity contribution is 5.53. The summed E-state index contributed by atoms with van der Waals surface area (Å²) in [5, 5.41) is 3.50. The molecule has 0 saturated heterocycles. The molecule has 0 heterocycles. The van der Waals surface area contributed by atoms with E-state index in [0.717, 1.165) is 34.9 Å². The number of hydrogen-bond acceptors (Lipinski definition) is 3. The van der Waals surface area contributed by atoms with E-state index in [0.29, 0.717) is 6.61 Å². The van der Waals surface area contributed by atoms with Crippen molar-refractivity contribution in [2.75, 3.05) is 12.4 Å². The average molecular weight is 347 g/mol. The summed E-state index contributed by atoms with van der Waals surface area (Å²) in [6.07, 6.45) is 0. The molecule has 0 unspecified atom stereocenters. The Hall–Kier alpha value is -2.94. The molecule has 0 aliphatic rings. The molecule has 0 fully saturated rings. The number of nitrogens with one attached hydrogen (secondary N) is 1. The Morgan fingerprint density at radius 3 is 2.38 bits per heavy atom. The van der Waals surface area contributed by atoms with Crippen molar-refractivity contribution in [2.24, 2.45) is 0 Å². The molecule has 0 aliphatic carbocycles. The number of ether oxygens (including phenoxy) is 2. The van der Waals surface area contributed by atoms with Crippen LogP contribution in [-0.4, -0.2) is 7.11 Å². The van der Waals surface area contributed by atoms with Gasteiger partial charge in [-0.25, -0.2) is 0 Å². The zero-order valence-electron chi connectivity index (χ0n) is 15.6. The molecule has 0 radical (unpaired) electrons. The minimum absolute atomic E-state index is 0.525. The van der Waals surface area contributed by atoms with Crippen molar-refractivity contribution in [2.45, 2.75) is 27.0 Å². The van der Waals surface area contributed by atoms with Gasteiger partial charge >= 0.3 is 0 Å². The van der Waals surface area contributed by atoms with Crippen molar-refractivity contribution < 1.29 is 9.47 Å². The maximum Gasteiger partial charge on any atom is 0.161 e. The molecule has 3 aromatic rings. The first-order valence-corrected chi connectivity index (χ1v) is 8.80. The van der Waals surface area contributed by atoms with Gasteiger partial charge < -0.3 is 14.8 Å². The van der Waals surface area contributed by atoms with Gasteiger partial charge in [0.25, 0.3) is 0 Å². The second kappa shape index (κ2) is 8.43. The summed E-state index contributed by atoms with van der Waals surface area (Å²) in [4.78, 5) is 0. The summed E-state index contributed by atoms with van der Waals surface area (Å²) in [6.45, 7) is 5.48. The maximum absolute atomic E-state index is 5.92. The van der Waals surface area contributed by atoms with Crippen LogP contribution in [0.3, 0.4) is 0 Å². The molecule has 3 rings (SSSR count). The topological polar surface area (TPSA) is 30.5 Å². The molecule has 134 valence electrons. The van der Waals surface area contributed by atoms with Gasteiger partial charge in [0.05, 0.1) is 7.11 Å². The quantitative estimate of drug-likeness (QED) is 0.612. The van der Waals surface area contributed by atoms with E-state index in [1.807, 2.05) is 30.3 Å². The number of anilines is 1. The molecule has 3 heteroatoms. The Balaban J connectivity index is 1.67. The van der Waals surface area contributed by atoms with Crippen LogP contribution in [0.5, 0.6) is 11.5 Å². The van der Waals surface area contributed by atoms with E-state index in [2.05, 4.69) is 55.6 Å². The lowest BCUT2D eigenvalue weighted by atomic mass is 10.1. The van der Waals surface area contributed by atoms with E-state index < -0.39 is 0 Å². The number of aryl methyl sites for hydroxylation is 2. The second-order valence-corrected chi connectivity index (χ2v) is 6.43. The number of methoxy groups -OCH3 is 1. The Labute approximate surface area is 155 Å². The van der Waals surface area contributed by atoms with Gasteiger partial charge in [0, 0.05) is 12.2 Å². The van der Waals surface area contributed by atoms with Crippen LogP contribution in [0, 0.1) is 13.8 Å². The Bertz CT molecular complexity index is 859. The first-order chi connectivity index (χ1) is 12.7. The van der Waals surface area contributed by atoms with E-state index in [1.165, 1.54) is 11.1 Å². The van der Waals surface area contributed by atoms with Crippen LogP contribution in [0.25, 0.3) is 0 Å². The van der Waals surface area contributed by atoms with Crippen molar-refractivity contribution in [1.82, 2.24) is 0 Å². The lowest BCUT2D eigenvalue weighted by Gasteiger charge is -2.14. The molecule has 0 aromatic heterocycles. The summed E-state index contributed by atoms with van der Waals surface area (Å²) >= 11 is 0. The van der Waals surface area contributed by atoms with Crippen molar-refractivity contribution in [3.8, 4) is 11.5 Å². The molecule has 0 spiro atoms. The molecule has 1 N–H and O–H groups in total. The van der Waals surface area contributed by atoms with E-state index in [1.54, 1.807) is 7.11 Å². The molecule has 0 atom stereocenters. The third kappa shape index (κ3) is 4.57. The van der Waals surface area contributed by atoms with Crippen LogP contribution >= 0.6 is 0 Å². The summed E-state index contributed by atoms with van der Waals surface area (Å²) in [5.74, 6) is 1.51. The normalized spacial score (nSPS) is 10.4. The van der Waals surface area contributed by atoms with Crippen LogP contribution < -0.4 is 14.8 Å². The number of hydrogen-bond donors (Lipinski definition) is 1. The predicted octanol–water partition coefficient (Wildman–Crippen LogP) is 5.50. The second-order valence-electron chi connectivity index (χ2n) is 6.43. The lowest BCUT2D eigenvalue weighted by Crippen LogP contribution is -2.03. The standard InChI is InChI=1S/C23H25NO2/c1-17-9-10-18(2)21(13-17)24-15-20-11-12-22(23(14-20)25-3)26-16-19-7-5-4-6-8-19/h4-14,24H,15-16H2,1-3H3. The van der Waals surface area contributed by atoms with Gasteiger partial charge in [-0.3, -0.25) is 0 Å². The number of rotatable bonds is 7. The highest BCUT2D eigenvalue weighted by Crippen LogP contribution is 2.29. The monoisotopic (exact) mass is 347 g/mol. The van der Waals surface area contributed by atoms with Gasteiger partial charge in [-0.2, -0.15) is 0 Å². The average Bonchev–Trinajstić information content (AvgIpc) is 2.68. The first-order valence-electron chi connectivity index (χ1n) is 8.80. The van der Waals surface area contributed by atoms with Crippen LogP contribution in [0.1, 0.15) is 22.3 Å². The van der Waals surface area contributed by atoms with Crippen molar-refractivity contribution in [3.05, 3.63) is 89.0 Å². The molecule has 0 amide bonds. The predicted molar refractivity (Wildman–Crippen MR) is 107 cm³/mol. The summed E-state index contributed by atoms with van der Waals surface area (Å²) < 4.78 is 11.4. The van der Waals surface area contributed by atoms with Crippen molar-refractivity contribution >= 4 is 5.69 Å². The van der Waals surface area contributed by atoms with Crippen LogP contribution in [-0.2, 0) is 13.2 Å².